The lowest BCUT2D eigenvalue weighted by Gasteiger charge is -2.31. The lowest BCUT2D eigenvalue weighted by molar-refractivity contribution is 0.359. The highest BCUT2D eigenvalue weighted by atomic mass is 15.3. The van der Waals surface area contributed by atoms with Crippen LogP contribution in [-0.2, 0) is 0 Å². The van der Waals surface area contributed by atoms with E-state index in [1.54, 1.807) is 0 Å². The van der Waals surface area contributed by atoms with Crippen LogP contribution in [0.1, 0.15) is 12.8 Å². The van der Waals surface area contributed by atoms with Crippen molar-refractivity contribution in [1.29, 1.82) is 5.41 Å². The number of nitrogens with one attached hydrogen (secondary N) is 2. The summed E-state index contributed by atoms with van der Waals surface area (Å²) in [6.07, 6.45) is 6.41. The van der Waals surface area contributed by atoms with Crippen molar-refractivity contribution in [2.75, 3.05) is 6.54 Å². The lowest BCUT2D eigenvalue weighted by Crippen LogP contribution is -2.47. The second kappa shape index (κ2) is 2.01. The Bertz CT molecular complexity index is 185. The van der Waals surface area contributed by atoms with Crippen LogP contribution < -0.4 is 5.32 Å². The van der Waals surface area contributed by atoms with Crippen molar-refractivity contribution in [3.05, 3.63) is 12.3 Å². The fourth-order valence-corrected chi connectivity index (χ4v) is 1.53. The van der Waals surface area contributed by atoms with E-state index in [0.29, 0.717) is 12.0 Å². The van der Waals surface area contributed by atoms with Gasteiger partial charge in [-0.2, -0.15) is 0 Å². The average molecular weight is 137 g/mol. The molecule has 2 N–H and O–H groups in total. The summed E-state index contributed by atoms with van der Waals surface area (Å²) in [6, 6.07) is 0.578. The first kappa shape index (κ1) is 5.77. The number of fused-ring (bicyclic) bond motifs is 1. The molecule has 0 saturated carbocycles. The summed E-state index contributed by atoms with van der Waals surface area (Å²) in [4.78, 5) is 2.00. The molecule has 0 amide bonds. The first-order valence-corrected chi connectivity index (χ1v) is 3.65. The molecule has 0 aromatic carbocycles. The second-order valence-corrected chi connectivity index (χ2v) is 2.75. The van der Waals surface area contributed by atoms with Crippen molar-refractivity contribution in [1.82, 2.24) is 10.2 Å². The molecule has 1 fully saturated rings. The number of nitrogens with zero attached hydrogens (tertiary/aromatic N) is 1. The lowest BCUT2D eigenvalue weighted by atomic mass is 10.1. The summed E-state index contributed by atoms with van der Waals surface area (Å²) >= 11 is 0. The Morgan fingerprint density at radius 1 is 1.70 bits per heavy atom. The molecule has 0 aliphatic carbocycles. The standard InChI is InChI=1S/C7H11N3/c8-7-9-4-3-6-2-1-5-10(6)7/h1,5-6H,2-4H2,(H2,8,9). The maximum Gasteiger partial charge on any atom is 0.195 e. The normalized spacial score (nSPS) is 30.2. The molecular weight excluding hydrogens is 126 g/mol. The highest BCUT2D eigenvalue weighted by molar-refractivity contribution is 5.79. The predicted octanol–water partition coefficient (Wildman–Crippen LogP) is 0.502. The van der Waals surface area contributed by atoms with Crippen LogP contribution in [0.4, 0.5) is 0 Å². The Morgan fingerprint density at radius 2 is 2.60 bits per heavy atom. The Kier molecular flexibility index (Phi) is 1.16. The van der Waals surface area contributed by atoms with E-state index in [-0.39, 0.29) is 0 Å². The van der Waals surface area contributed by atoms with E-state index in [2.05, 4.69) is 11.4 Å². The molecule has 1 atom stereocenters. The molecular formula is C7H11N3. The Hall–Kier alpha value is -0.990. The van der Waals surface area contributed by atoms with E-state index in [0.717, 1.165) is 19.4 Å². The van der Waals surface area contributed by atoms with Crippen molar-refractivity contribution >= 4 is 5.96 Å². The molecule has 2 rings (SSSR count). The zero-order chi connectivity index (χ0) is 6.97. The highest BCUT2D eigenvalue weighted by Crippen LogP contribution is 2.19. The van der Waals surface area contributed by atoms with Crippen molar-refractivity contribution < 1.29 is 0 Å². The molecule has 2 aliphatic heterocycles. The zero-order valence-corrected chi connectivity index (χ0v) is 5.80. The largest absolute Gasteiger partial charge is 0.356 e. The van der Waals surface area contributed by atoms with Crippen LogP contribution in [0.15, 0.2) is 12.3 Å². The van der Waals surface area contributed by atoms with Crippen LogP contribution in [-0.4, -0.2) is 23.4 Å². The molecule has 0 spiro atoms. The van der Waals surface area contributed by atoms with Crippen LogP contribution in [0, 0.1) is 5.41 Å². The smallest absolute Gasteiger partial charge is 0.195 e. The summed E-state index contributed by atoms with van der Waals surface area (Å²) < 4.78 is 0. The molecule has 2 aliphatic rings. The Morgan fingerprint density at radius 3 is 3.40 bits per heavy atom. The van der Waals surface area contributed by atoms with Gasteiger partial charge in [0.2, 0.25) is 0 Å². The highest BCUT2D eigenvalue weighted by Gasteiger charge is 2.25. The molecule has 0 bridgehead atoms. The number of hydrogen-bond donors (Lipinski definition) is 2. The van der Waals surface area contributed by atoms with E-state index in [1.165, 1.54) is 0 Å². The van der Waals surface area contributed by atoms with Gasteiger partial charge in [-0.3, -0.25) is 5.41 Å². The molecule has 1 unspecified atom stereocenters. The third kappa shape index (κ3) is 0.701. The maximum atomic E-state index is 7.48. The zero-order valence-electron chi connectivity index (χ0n) is 5.80. The fraction of sp³-hybridized carbons (Fsp3) is 0.571. The van der Waals surface area contributed by atoms with Gasteiger partial charge in [-0.1, -0.05) is 6.08 Å². The van der Waals surface area contributed by atoms with Crippen molar-refractivity contribution in [3.8, 4) is 0 Å². The van der Waals surface area contributed by atoms with Crippen LogP contribution in [0.5, 0.6) is 0 Å². The number of guanidine groups is 1. The van der Waals surface area contributed by atoms with Gasteiger partial charge in [-0.25, -0.2) is 0 Å². The van der Waals surface area contributed by atoms with Crippen LogP contribution >= 0.6 is 0 Å². The predicted molar refractivity (Wildman–Crippen MR) is 39.7 cm³/mol. The van der Waals surface area contributed by atoms with Gasteiger partial charge in [-0.05, 0) is 12.8 Å². The minimum Gasteiger partial charge on any atom is -0.356 e. The second-order valence-electron chi connectivity index (χ2n) is 2.75. The third-order valence-electron chi connectivity index (χ3n) is 2.10. The first-order chi connectivity index (χ1) is 4.88. The van der Waals surface area contributed by atoms with Gasteiger partial charge < -0.3 is 10.2 Å². The van der Waals surface area contributed by atoms with Crippen LogP contribution in [0.2, 0.25) is 0 Å². The Labute approximate surface area is 60.2 Å². The van der Waals surface area contributed by atoms with Crippen LogP contribution in [0.25, 0.3) is 0 Å². The van der Waals surface area contributed by atoms with Gasteiger partial charge in [0.25, 0.3) is 0 Å². The monoisotopic (exact) mass is 137 g/mol. The third-order valence-corrected chi connectivity index (χ3v) is 2.10. The summed E-state index contributed by atoms with van der Waals surface area (Å²) in [6.45, 7) is 0.960. The molecule has 1 saturated heterocycles. The van der Waals surface area contributed by atoms with Gasteiger partial charge in [0.05, 0.1) is 0 Å². The molecule has 0 aromatic rings. The molecule has 0 aromatic heterocycles. The van der Waals surface area contributed by atoms with Crippen molar-refractivity contribution in [2.45, 2.75) is 18.9 Å². The number of rotatable bonds is 0. The van der Waals surface area contributed by atoms with Crippen molar-refractivity contribution in [3.63, 3.8) is 0 Å². The van der Waals surface area contributed by atoms with Gasteiger partial charge in [-0.15, -0.1) is 0 Å². The fourth-order valence-electron chi connectivity index (χ4n) is 1.53. The minimum atomic E-state index is 0.560. The summed E-state index contributed by atoms with van der Waals surface area (Å²) in [5.74, 6) is 0.560. The van der Waals surface area contributed by atoms with Gasteiger partial charge in [0.15, 0.2) is 5.96 Å². The summed E-state index contributed by atoms with van der Waals surface area (Å²) in [5, 5.41) is 10.5. The van der Waals surface area contributed by atoms with E-state index < -0.39 is 0 Å². The van der Waals surface area contributed by atoms with E-state index >= 15 is 0 Å². The minimum absolute atomic E-state index is 0.560. The van der Waals surface area contributed by atoms with Crippen molar-refractivity contribution in [2.24, 2.45) is 0 Å². The summed E-state index contributed by atoms with van der Waals surface area (Å²) in [5.41, 5.74) is 0. The topological polar surface area (TPSA) is 39.1 Å². The van der Waals surface area contributed by atoms with Crippen LogP contribution in [0.3, 0.4) is 0 Å². The number of hydrogen-bond acceptors (Lipinski definition) is 1. The molecule has 0 radical (unpaired) electrons. The summed E-state index contributed by atoms with van der Waals surface area (Å²) in [7, 11) is 0. The SMILES string of the molecule is N=C1NCCC2CC=CN12. The van der Waals surface area contributed by atoms with Gasteiger partial charge >= 0.3 is 0 Å². The van der Waals surface area contributed by atoms with E-state index in [1.807, 2.05) is 11.1 Å². The Balaban J connectivity index is 2.16. The molecule has 3 heteroatoms. The quantitative estimate of drug-likeness (QED) is 0.510. The van der Waals surface area contributed by atoms with Gasteiger partial charge in [0.1, 0.15) is 0 Å². The average Bonchev–Trinajstić information content (AvgIpc) is 2.36. The molecule has 3 nitrogen and oxygen atoms in total. The molecule has 10 heavy (non-hydrogen) atoms. The molecule has 54 valence electrons. The first-order valence-electron chi connectivity index (χ1n) is 3.65. The molecule has 2 heterocycles. The van der Waals surface area contributed by atoms with E-state index in [4.69, 9.17) is 5.41 Å². The van der Waals surface area contributed by atoms with Gasteiger partial charge in [0, 0.05) is 18.8 Å². The van der Waals surface area contributed by atoms with E-state index in [9.17, 15) is 0 Å². The maximum absolute atomic E-state index is 7.48.